The van der Waals surface area contributed by atoms with E-state index in [0.29, 0.717) is 27.4 Å². The molecule has 0 aromatic heterocycles. The third kappa shape index (κ3) is 4.63. The Labute approximate surface area is 173 Å². The Hall–Kier alpha value is -3.62. The number of halogens is 1. The van der Waals surface area contributed by atoms with Crippen LogP contribution in [-0.2, 0) is 9.53 Å². The Morgan fingerprint density at radius 2 is 1.59 bits per heavy atom. The Morgan fingerprint density at radius 3 is 2.31 bits per heavy atom. The zero-order valence-corrected chi connectivity index (χ0v) is 16.3. The molecule has 3 aromatic rings. The highest BCUT2D eigenvalue weighted by atomic mass is 35.5. The van der Waals surface area contributed by atoms with E-state index in [0.717, 1.165) is 0 Å². The van der Waals surface area contributed by atoms with Crippen molar-refractivity contribution in [2.24, 2.45) is 0 Å². The van der Waals surface area contributed by atoms with Crippen molar-refractivity contribution in [2.45, 2.75) is 13.0 Å². The van der Waals surface area contributed by atoms with E-state index < -0.39 is 18.0 Å². The molecule has 0 bridgehead atoms. The fourth-order valence-electron chi connectivity index (χ4n) is 2.79. The zero-order chi connectivity index (χ0) is 20.8. The summed E-state index contributed by atoms with van der Waals surface area (Å²) in [6.45, 7) is 1.48. The van der Waals surface area contributed by atoms with Gasteiger partial charge in [0.25, 0.3) is 5.91 Å². The van der Waals surface area contributed by atoms with E-state index in [9.17, 15) is 14.9 Å². The minimum absolute atomic E-state index is 0.271. The van der Waals surface area contributed by atoms with E-state index >= 15 is 0 Å². The van der Waals surface area contributed by atoms with Gasteiger partial charge in [0.05, 0.1) is 27.9 Å². The van der Waals surface area contributed by atoms with Crippen LogP contribution >= 0.6 is 11.6 Å². The van der Waals surface area contributed by atoms with Crippen LogP contribution in [0.4, 0.5) is 5.69 Å². The molecule has 0 saturated carbocycles. The summed E-state index contributed by atoms with van der Waals surface area (Å²) in [6, 6.07) is 22.7. The van der Waals surface area contributed by atoms with Gasteiger partial charge in [-0.3, -0.25) is 4.79 Å². The molecule has 1 amide bonds. The van der Waals surface area contributed by atoms with Gasteiger partial charge < -0.3 is 10.1 Å². The maximum Gasteiger partial charge on any atom is 0.339 e. The van der Waals surface area contributed by atoms with Gasteiger partial charge in [-0.1, -0.05) is 60.1 Å². The van der Waals surface area contributed by atoms with Crippen molar-refractivity contribution in [1.29, 1.82) is 5.26 Å². The molecule has 0 aliphatic rings. The molecular weight excluding hydrogens is 388 g/mol. The van der Waals surface area contributed by atoms with Crippen LogP contribution in [0.5, 0.6) is 0 Å². The molecule has 0 saturated heterocycles. The van der Waals surface area contributed by atoms with Crippen LogP contribution in [0.3, 0.4) is 0 Å². The zero-order valence-electron chi connectivity index (χ0n) is 15.6. The molecule has 0 spiro atoms. The number of nitrogens with one attached hydrogen (secondary N) is 1. The predicted octanol–water partition coefficient (Wildman–Crippen LogP) is 5.06. The van der Waals surface area contributed by atoms with Gasteiger partial charge in [-0.05, 0) is 36.8 Å². The smallest absolute Gasteiger partial charge is 0.339 e. The lowest BCUT2D eigenvalue weighted by Gasteiger charge is -2.16. The van der Waals surface area contributed by atoms with Crippen molar-refractivity contribution in [3.8, 4) is 17.2 Å². The molecule has 3 aromatic carbocycles. The molecular formula is C23H17ClN2O3. The highest BCUT2D eigenvalue weighted by molar-refractivity contribution is 6.33. The molecule has 29 heavy (non-hydrogen) atoms. The highest BCUT2D eigenvalue weighted by Crippen LogP contribution is 2.28. The second kappa shape index (κ2) is 9.05. The summed E-state index contributed by atoms with van der Waals surface area (Å²) in [6.07, 6.45) is -1.04. The van der Waals surface area contributed by atoms with Gasteiger partial charge in [0.2, 0.25) is 0 Å². The van der Waals surface area contributed by atoms with Gasteiger partial charge in [0, 0.05) is 5.56 Å². The summed E-state index contributed by atoms with van der Waals surface area (Å²) in [5, 5.41) is 12.4. The lowest BCUT2D eigenvalue weighted by atomic mass is 9.96. The summed E-state index contributed by atoms with van der Waals surface area (Å²) < 4.78 is 5.37. The van der Waals surface area contributed by atoms with Gasteiger partial charge in [0.1, 0.15) is 0 Å². The van der Waals surface area contributed by atoms with E-state index in [1.165, 1.54) is 6.92 Å². The summed E-state index contributed by atoms with van der Waals surface area (Å²) >= 11 is 6.04. The maximum absolute atomic E-state index is 12.8. The number of nitriles is 1. The first-order valence-electron chi connectivity index (χ1n) is 8.86. The normalized spacial score (nSPS) is 11.2. The van der Waals surface area contributed by atoms with E-state index in [1.807, 2.05) is 0 Å². The number of esters is 1. The second-order valence-corrected chi connectivity index (χ2v) is 6.63. The molecule has 0 radical (unpaired) electrons. The van der Waals surface area contributed by atoms with E-state index in [4.69, 9.17) is 16.3 Å². The van der Waals surface area contributed by atoms with Crippen LogP contribution in [0.25, 0.3) is 11.1 Å². The van der Waals surface area contributed by atoms with E-state index in [-0.39, 0.29) is 5.56 Å². The number of anilines is 1. The molecule has 1 atom stereocenters. The van der Waals surface area contributed by atoms with Crippen LogP contribution in [0.2, 0.25) is 5.02 Å². The Bertz CT molecular complexity index is 1110. The number of para-hydroxylation sites is 1. The lowest BCUT2D eigenvalue weighted by Crippen LogP contribution is -2.30. The second-order valence-electron chi connectivity index (χ2n) is 6.22. The van der Waals surface area contributed by atoms with Crippen molar-refractivity contribution >= 4 is 29.2 Å². The fourth-order valence-corrected chi connectivity index (χ4v) is 2.97. The van der Waals surface area contributed by atoms with Gasteiger partial charge in [-0.15, -0.1) is 0 Å². The van der Waals surface area contributed by atoms with Crippen molar-refractivity contribution in [3.05, 3.63) is 88.9 Å². The fraction of sp³-hybridized carbons (Fsp3) is 0.0870. The summed E-state index contributed by atoms with van der Waals surface area (Å²) in [7, 11) is 0. The van der Waals surface area contributed by atoms with E-state index in [1.54, 1.807) is 72.8 Å². The Morgan fingerprint density at radius 1 is 0.966 bits per heavy atom. The van der Waals surface area contributed by atoms with Crippen molar-refractivity contribution in [2.75, 3.05) is 5.32 Å². The number of carbonyl (C=O) groups excluding carboxylic acids is 2. The van der Waals surface area contributed by atoms with Crippen LogP contribution in [-0.4, -0.2) is 18.0 Å². The van der Waals surface area contributed by atoms with Crippen molar-refractivity contribution in [1.82, 2.24) is 0 Å². The average Bonchev–Trinajstić information content (AvgIpc) is 2.75. The van der Waals surface area contributed by atoms with Crippen LogP contribution in [0.15, 0.2) is 72.8 Å². The molecule has 1 N–H and O–H groups in total. The van der Waals surface area contributed by atoms with Gasteiger partial charge in [-0.25, -0.2) is 4.79 Å². The quantitative estimate of drug-likeness (QED) is 0.602. The molecule has 5 nitrogen and oxygen atoms in total. The number of hydrogen-bond donors (Lipinski definition) is 1. The summed E-state index contributed by atoms with van der Waals surface area (Å²) in [5.41, 5.74) is 2.33. The number of ether oxygens (including phenoxy) is 1. The van der Waals surface area contributed by atoms with Gasteiger partial charge in [0.15, 0.2) is 6.10 Å². The minimum Gasteiger partial charge on any atom is -0.449 e. The SMILES string of the molecule is C[C@H](OC(=O)c1ccccc1-c1ccccc1C#N)C(=O)Nc1ccccc1Cl. The highest BCUT2D eigenvalue weighted by Gasteiger charge is 2.22. The number of hydrogen-bond acceptors (Lipinski definition) is 4. The molecule has 3 rings (SSSR count). The molecule has 0 fully saturated rings. The maximum atomic E-state index is 12.8. The van der Waals surface area contributed by atoms with Crippen molar-refractivity contribution < 1.29 is 14.3 Å². The Balaban J connectivity index is 1.80. The largest absolute Gasteiger partial charge is 0.449 e. The third-order valence-corrected chi connectivity index (χ3v) is 4.60. The standard InChI is InChI=1S/C23H17ClN2O3/c1-15(22(27)26-21-13-7-6-12-20(21)24)29-23(28)19-11-5-4-10-18(19)17-9-3-2-8-16(17)14-25/h2-13,15H,1H3,(H,26,27)/t15-/m0/s1. The minimum atomic E-state index is -1.04. The summed E-state index contributed by atoms with van der Waals surface area (Å²) in [5.74, 6) is -1.16. The molecule has 0 aliphatic carbocycles. The first-order valence-corrected chi connectivity index (χ1v) is 9.24. The lowest BCUT2D eigenvalue weighted by molar-refractivity contribution is -0.123. The number of amides is 1. The Kier molecular flexibility index (Phi) is 6.28. The first kappa shape index (κ1) is 20.1. The monoisotopic (exact) mass is 404 g/mol. The molecule has 0 heterocycles. The molecule has 0 unspecified atom stereocenters. The van der Waals surface area contributed by atoms with Crippen LogP contribution < -0.4 is 5.32 Å². The molecule has 6 heteroatoms. The van der Waals surface area contributed by atoms with E-state index in [2.05, 4.69) is 11.4 Å². The average molecular weight is 405 g/mol. The first-order chi connectivity index (χ1) is 14.0. The number of nitrogens with zero attached hydrogens (tertiary/aromatic N) is 1. The van der Waals surface area contributed by atoms with Crippen LogP contribution in [0, 0.1) is 11.3 Å². The van der Waals surface area contributed by atoms with Gasteiger partial charge in [-0.2, -0.15) is 5.26 Å². The topological polar surface area (TPSA) is 79.2 Å². The van der Waals surface area contributed by atoms with Gasteiger partial charge >= 0.3 is 5.97 Å². The summed E-state index contributed by atoms with van der Waals surface area (Å²) in [4.78, 5) is 25.2. The van der Waals surface area contributed by atoms with Crippen LogP contribution in [0.1, 0.15) is 22.8 Å². The number of carbonyl (C=O) groups is 2. The number of benzene rings is 3. The predicted molar refractivity (Wildman–Crippen MR) is 112 cm³/mol. The third-order valence-electron chi connectivity index (χ3n) is 4.27. The van der Waals surface area contributed by atoms with Crippen molar-refractivity contribution in [3.63, 3.8) is 0 Å². The number of rotatable bonds is 5. The molecule has 144 valence electrons. The molecule has 0 aliphatic heterocycles.